The van der Waals surface area contributed by atoms with Crippen LogP contribution in [-0.2, 0) is 19.1 Å². The van der Waals surface area contributed by atoms with Crippen molar-refractivity contribution >= 4 is 27.9 Å². The van der Waals surface area contributed by atoms with Gasteiger partial charge in [0.15, 0.2) is 0 Å². The van der Waals surface area contributed by atoms with Crippen molar-refractivity contribution in [2.75, 3.05) is 6.61 Å². The maximum atomic E-state index is 11.8. The summed E-state index contributed by atoms with van der Waals surface area (Å²) in [6.07, 6.45) is 1.91. The predicted octanol–water partition coefficient (Wildman–Crippen LogP) is 2.43. The lowest BCUT2D eigenvalue weighted by Crippen LogP contribution is -2.37. The quantitative estimate of drug-likeness (QED) is 0.578. The van der Waals surface area contributed by atoms with Crippen molar-refractivity contribution in [1.82, 2.24) is 0 Å². The van der Waals surface area contributed by atoms with E-state index in [0.29, 0.717) is 6.61 Å². The van der Waals surface area contributed by atoms with Crippen LogP contribution in [0.15, 0.2) is 0 Å². The Balaban J connectivity index is 2.53. The maximum Gasteiger partial charge on any atom is 0.348 e. The highest BCUT2D eigenvalue weighted by molar-refractivity contribution is 9.10. The van der Waals surface area contributed by atoms with Crippen LogP contribution in [0.3, 0.4) is 0 Å². The van der Waals surface area contributed by atoms with Gasteiger partial charge in [-0.3, -0.25) is 4.79 Å². The molecule has 1 aliphatic heterocycles. The molecular formula is C12H19BrO4. The highest BCUT2D eigenvalue weighted by Gasteiger charge is 2.47. The van der Waals surface area contributed by atoms with E-state index in [0.717, 1.165) is 19.3 Å². The minimum Gasteiger partial charge on any atom is -0.462 e. The van der Waals surface area contributed by atoms with Crippen LogP contribution in [0.4, 0.5) is 0 Å². The summed E-state index contributed by atoms with van der Waals surface area (Å²) in [5.74, 6) is -0.825. The van der Waals surface area contributed by atoms with Gasteiger partial charge in [-0.2, -0.15) is 0 Å². The molecule has 98 valence electrons. The van der Waals surface area contributed by atoms with Crippen molar-refractivity contribution in [2.24, 2.45) is 5.41 Å². The third-order valence-electron chi connectivity index (χ3n) is 2.81. The Morgan fingerprint density at radius 3 is 2.76 bits per heavy atom. The molecule has 0 saturated carbocycles. The van der Waals surface area contributed by atoms with Crippen LogP contribution in [0, 0.1) is 5.41 Å². The molecule has 2 atom stereocenters. The topological polar surface area (TPSA) is 52.6 Å². The molecule has 0 aromatic rings. The monoisotopic (exact) mass is 306 g/mol. The van der Waals surface area contributed by atoms with E-state index in [1.807, 2.05) is 13.8 Å². The molecule has 0 aliphatic carbocycles. The normalized spacial score (nSPS) is 24.2. The van der Waals surface area contributed by atoms with Crippen molar-refractivity contribution in [2.45, 2.75) is 51.0 Å². The third kappa shape index (κ3) is 3.69. The summed E-state index contributed by atoms with van der Waals surface area (Å²) in [4.78, 5) is 22.9. The Kier molecular flexibility index (Phi) is 4.98. The van der Waals surface area contributed by atoms with E-state index < -0.39 is 17.5 Å². The first kappa shape index (κ1) is 14.5. The second-order valence-corrected chi connectivity index (χ2v) is 6.13. The number of hydrogen-bond acceptors (Lipinski definition) is 4. The van der Waals surface area contributed by atoms with Crippen molar-refractivity contribution in [1.29, 1.82) is 0 Å². The number of halogens is 1. The third-order valence-corrected chi connectivity index (χ3v) is 3.64. The standard InChI is InChI=1S/C12H19BrO4/c1-4-5-6-8(13)10(14)17-9-11(15)16-7-12(9,2)3/h8-9H,4-7H2,1-3H3/t8-,9+/m1/s1. The zero-order chi connectivity index (χ0) is 13.1. The summed E-state index contributed by atoms with van der Waals surface area (Å²) in [7, 11) is 0. The molecule has 0 N–H and O–H groups in total. The Hall–Kier alpha value is -0.580. The zero-order valence-corrected chi connectivity index (χ0v) is 12.1. The van der Waals surface area contributed by atoms with Crippen molar-refractivity contribution < 1.29 is 19.1 Å². The van der Waals surface area contributed by atoms with Gasteiger partial charge in [-0.05, 0) is 6.42 Å². The summed E-state index contributed by atoms with van der Waals surface area (Å²) >= 11 is 3.28. The number of ether oxygens (including phenoxy) is 2. The summed E-state index contributed by atoms with van der Waals surface area (Å²) in [6.45, 7) is 6.06. The molecule has 0 aromatic carbocycles. The van der Waals surface area contributed by atoms with Crippen molar-refractivity contribution in [3.63, 3.8) is 0 Å². The van der Waals surface area contributed by atoms with Crippen LogP contribution in [0.2, 0.25) is 0 Å². The van der Waals surface area contributed by atoms with Gasteiger partial charge in [0.25, 0.3) is 0 Å². The summed E-state index contributed by atoms with van der Waals surface area (Å²) in [5, 5.41) is 0. The van der Waals surface area contributed by atoms with Gasteiger partial charge in [0.1, 0.15) is 11.4 Å². The van der Waals surface area contributed by atoms with Crippen LogP contribution >= 0.6 is 15.9 Å². The summed E-state index contributed by atoms with van der Waals surface area (Å²) < 4.78 is 10.1. The molecule has 0 radical (unpaired) electrons. The van der Waals surface area contributed by atoms with Gasteiger partial charge in [0.05, 0.1) is 0 Å². The second kappa shape index (κ2) is 5.85. The average molecular weight is 307 g/mol. The zero-order valence-electron chi connectivity index (χ0n) is 10.5. The second-order valence-electron chi connectivity index (χ2n) is 5.02. The minimum absolute atomic E-state index is 0.297. The van der Waals surface area contributed by atoms with Crippen LogP contribution in [0.1, 0.15) is 40.0 Å². The van der Waals surface area contributed by atoms with Crippen molar-refractivity contribution in [3.8, 4) is 0 Å². The molecule has 17 heavy (non-hydrogen) atoms. The molecule has 1 aliphatic rings. The molecule has 0 spiro atoms. The number of carbonyl (C=O) groups is 2. The molecule has 0 unspecified atom stereocenters. The van der Waals surface area contributed by atoms with Gasteiger partial charge in [0, 0.05) is 5.41 Å². The molecule has 1 heterocycles. The van der Waals surface area contributed by atoms with Gasteiger partial charge in [-0.1, -0.05) is 49.5 Å². The van der Waals surface area contributed by atoms with Crippen LogP contribution in [0.25, 0.3) is 0 Å². The van der Waals surface area contributed by atoms with Gasteiger partial charge in [-0.25, -0.2) is 4.79 Å². The number of unbranched alkanes of at least 4 members (excludes halogenated alkanes) is 1. The fourth-order valence-electron chi connectivity index (χ4n) is 1.63. The lowest BCUT2D eigenvalue weighted by molar-refractivity contribution is -0.162. The Morgan fingerprint density at radius 1 is 1.65 bits per heavy atom. The van der Waals surface area contributed by atoms with E-state index in [1.165, 1.54) is 0 Å². The summed E-state index contributed by atoms with van der Waals surface area (Å²) in [5.41, 5.74) is -0.440. The number of carbonyl (C=O) groups excluding carboxylic acids is 2. The highest BCUT2D eigenvalue weighted by atomic mass is 79.9. The number of esters is 2. The Labute approximate surface area is 110 Å². The SMILES string of the molecule is CCCC[C@@H](Br)C(=O)O[C@H]1C(=O)OCC1(C)C. The lowest BCUT2D eigenvalue weighted by Gasteiger charge is -2.22. The van der Waals surface area contributed by atoms with E-state index in [1.54, 1.807) is 0 Å². The highest BCUT2D eigenvalue weighted by Crippen LogP contribution is 2.31. The van der Waals surface area contributed by atoms with Crippen LogP contribution in [0.5, 0.6) is 0 Å². The van der Waals surface area contributed by atoms with E-state index in [2.05, 4.69) is 22.9 Å². The van der Waals surface area contributed by atoms with Gasteiger partial charge >= 0.3 is 11.9 Å². The molecular weight excluding hydrogens is 288 g/mol. The first-order valence-electron chi connectivity index (χ1n) is 5.89. The molecule has 4 nitrogen and oxygen atoms in total. The number of hydrogen-bond donors (Lipinski definition) is 0. The smallest absolute Gasteiger partial charge is 0.348 e. The molecule has 5 heteroatoms. The van der Waals surface area contributed by atoms with E-state index in [-0.39, 0.29) is 10.8 Å². The number of rotatable bonds is 5. The molecule has 1 fully saturated rings. The van der Waals surface area contributed by atoms with E-state index >= 15 is 0 Å². The fraction of sp³-hybridized carbons (Fsp3) is 0.833. The predicted molar refractivity (Wildman–Crippen MR) is 66.9 cm³/mol. The Morgan fingerprint density at radius 2 is 2.29 bits per heavy atom. The van der Waals surface area contributed by atoms with Crippen LogP contribution in [-0.4, -0.2) is 29.5 Å². The average Bonchev–Trinajstić information content (AvgIpc) is 2.52. The molecule has 0 amide bonds. The van der Waals surface area contributed by atoms with Crippen LogP contribution < -0.4 is 0 Å². The van der Waals surface area contributed by atoms with Gasteiger partial charge in [-0.15, -0.1) is 0 Å². The molecule has 1 rings (SSSR count). The molecule has 0 aromatic heterocycles. The summed E-state index contributed by atoms with van der Waals surface area (Å²) in [6, 6.07) is 0. The van der Waals surface area contributed by atoms with Gasteiger partial charge < -0.3 is 9.47 Å². The maximum absolute atomic E-state index is 11.8. The van der Waals surface area contributed by atoms with E-state index in [4.69, 9.17) is 9.47 Å². The van der Waals surface area contributed by atoms with E-state index in [9.17, 15) is 9.59 Å². The first-order valence-corrected chi connectivity index (χ1v) is 6.81. The first-order chi connectivity index (χ1) is 7.88. The fourth-order valence-corrected chi connectivity index (χ4v) is 2.06. The number of cyclic esters (lactones) is 1. The number of alkyl halides is 1. The lowest BCUT2D eigenvalue weighted by atomic mass is 9.90. The Bertz CT molecular complexity index is 301. The van der Waals surface area contributed by atoms with Crippen molar-refractivity contribution in [3.05, 3.63) is 0 Å². The molecule has 1 saturated heterocycles. The molecule has 0 bridgehead atoms. The minimum atomic E-state index is -0.781. The largest absolute Gasteiger partial charge is 0.462 e. The van der Waals surface area contributed by atoms with Gasteiger partial charge in [0.2, 0.25) is 6.10 Å².